The molecule has 0 fully saturated rings. The lowest BCUT2D eigenvalue weighted by Gasteiger charge is -2.26. The van der Waals surface area contributed by atoms with Crippen LogP contribution >= 0.6 is 35.4 Å². The predicted octanol–water partition coefficient (Wildman–Crippen LogP) is 5.33. The van der Waals surface area contributed by atoms with Gasteiger partial charge >= 0.3 is 5.97 Å². The molecule has 178 valence electrons. The molecular weight excluding hydrogens is 495 g/mol. The highest BCUT2D eigenvalue weighted by atomic mass is 35.5. The number of pyridine rings is 1. The summed E-state index contributed by atoms with van der Waals surface area (Å²) in [5.74, 6) is -0.690. The maximum absolute atomic E-state index is 12.8. The van der Waals surface area contributed by atoms with Gasteiger partial charge in [0.15, 0.2) is 11.5 Å². The fourth-order valence-corrected chi connectivity index (χ4v) is 4.25. The lowest BCUT2D eigenvalue weighted by atomic mass is 9.91. The highest BCUT2D eigenvalue weighted by molar-refractivity contribution is 7.80. The van der Waals surface area contributed by atoms with E-state index in [0.717, 1.165) is 11.1 Å². The largest absolute Gasteiger partial charge is 0.503 e. The van der Waals surface area contributed by atoms with Gasteiger partial charge in [0.2, 0.25) is 0 Å². The highest BCUT2D eigenvalue weighted by Crippen LogP contribution is 2.32. The molecule has 0 aliphatic rings. The summed E-state index contributed by atoms with van der Waals surface area (Å²) in [5.41, 5.74) is 1.96. The van der Waals surface area contributed by atoms with E-state index < -0.39 is 12.1 Å². The smallest absolute Gasteiger partial charge is 0.325 e. The first-order valence-corrected chi connectivity index (χ1v) is 11.6. The van der Waals surface area contributed by atoms with Crippen LogP contribution < -0.4 is 10.1 Å². The van der Waals surface area contributed by atoms with Crippen LogP contribution in [0, 0.1) is 0 Å². The number of nitrogens with one attached hydrogen (secondary N) is 1. The maximum atomic E-state index is 12.8. The van der Waals surface area contributed by atoms with E-state index in [9.17, 15) is 9.90 Å². The van der Waals surface area contributed by atoms with Crippen molar-refractivity contribution in [3.8, 4) is 11.5 Å². The topological polar surface area (TPSA) is 80.7 Å². The minimum atomic E-state index is -0.511. The summed E-state index contributed by atoms with van der Waals surface area (Å²) in [6, 6.07) is 16.5. The van der Waals surface area contributed by atoms with Crippen LogP contribution in [0.4, 0.5) is 0 Å². The van der Waals surface area contributed by atoms with Crippen LogP contribution in [-0.2, 0) is 16.0 Å². The molecule has 34 heavy (non-hydrogen) atoms. The van der Waals surface area contributed by atoms with Crippen molar-refractivity contribution in [2.24, 2.45) is 0 Å². The first kappa shape index (κ1) is 25.7. The molecule has 9 heteroatoms. The number of ether oxygens (including phenoxy) is 2. The van der Waals surface area contributed by atoms with Crippen LogP contribution in [0.25, 0.3) is 0 Å². The molecule has 1 heterocycles. The molecule has 0 saturated heterocycles. The number of benzene rings is 2. The van der Waals surface area contributed by atoms with E-state index in [0.29, 0.717) is 16.5 Å². The molecule has 0 bridgehead atoms. The predicted molar refractivity (Wildman–Crippen MR) is 137 cm³/mol. The van der Waals surface area contributed by atoms with Crippen LogP contribution in [0.2, 0.25) is 10.0 Å². The second-order valence-corrected chi connectivity index (χ2v) is 8.82. The van der Waals surface area contributed by atoms with E-state index in [-0.39, 0.29) is 34.6 Å². The Morgan fingerprint density at radius 1 is 1.18 bits per heavy atom. The van der Waals surface area contributed by atoms with Gasteiger partial charge in [0.05, 0.1) is 7.11 Å². The van der Waals surface area contributed by atoms with Crippen LogP contribution in [0.5, 0.6) is 11.5 Å². The lowest BCUT2D eigenvalue weighted by molar-refractivity contribution is -0.148. The van der Waals surface area contributed by atoms with Gasteiger partial charge in [-0.15, -0.1) is 0 Å². The van der Waals surface area contributed by atoms with E-state index in [4.69, 9.17) is 44.9 Å². The second kappa shape index (κ2) is 12.0. The molecule has 0 aliphatic carbocycles. The molecule has 0 spiro atoms. The molecule has 3 rings (SSSR count). The Balaban J connectivity index is 1.72. The molecule has 2 aromatic carbocycles. The summed E-state index contributed by atoms with van der Waals surface area (Å²) >= 11 is 17.8. The van der Waals surface area contributed by atoms with Crippen LogP contribution in [0.3, 0.4) is 0 Å². The fourth-order valence-electron chi connectivity index (χ4n) is 3.45. The van der Waals surface area contributed by atoms with Crippen LogP contribution in [0.15, 0.2) is 60.8 Å². The van der Waals surface area contributed by atoms with Gasteiger partial charge in [-0.25, -0.2) is 4.98 Å². The zero-order valence-electron chi connectivity index (χ0n) is 18.6. The zero-order valence-corrected chi connectivity index (χ0v) is 21.0. The van der Waals surface area contributed by atoms with Gasteiger partial charge in [-0.1, -0.05) is 78.7 Å². The van der Waals surface area contributed by atoms with Crippen molar-refractivity contribution < 1.29 is 19.4 Å². The van der Waals surface area contributed by atoms with Gasteiger partial charge in [0, 0.05) is 34.6 Å². The minimum absolute atomic E-state index is 0.0988. The van der Waals surface area contributed by atoms with Crippen molar-refractivity contribution in [3.63, 3.8) is 0 Å². The van der Waals surface area contributed by atoms with Crippen molar-refractivity contribution in [3.05, 3.63) is 87.7 Å². The number of nitrogens with zero attached hydrogens (tertiary/aromatic N) is 1. The summed E-state index contributed by atoms with van der Waals surface area (Å²) in [7, 11) is 1.42. The monoisotopic (exact) mass is 518 g/mol. The van der Waals surface area contributed by atoms with E-state index in [2.05, 4.69) is 10.3 Å². The fraction of sp³-hybridized carbons (Fsp3) is 0.240. The Morgan fingerprint density at radius 3 is 2.59 bits per heavy atom. The van der Waals surface area contributed by atoms with E-state index >= 15 is 0 Å². The van der Waals surface area contributed by atoms with E-state index in [1.165, 1.54) is 19.4 Å². The van der Waals surface area contributed by atoms with E-state index in [1.54, 1.807) is 12.1 Å². The number of halogens is 2. The molecular formula is C25H24Cl2N2O4S. The minimum Gasteiger partial charge on any atom is -0.503 e. The molecule has 3 aromatic rings. The molecule has 2 unspecified atom stereocenters. The van der Waals surface area contributed by atoms with Crippen molar-refractivity contribution in [1.29, 1.82) is 0 Å². The highest BCUT2D eigenvalue weighted by Gasteiger charge is 2.26. The average Bonchev–Trinajstić information content (AvgIpc) is 2.82. The second-order valence-electron chi connectivity index (χ2n) is 7.57. The summed E-state index contributed by atoms with van der Waals surface area (Å²) in [4.78, 5) is 16.9. The standard InChI is InChI=1S/C25H24Cl2N2O4S/c1-15(18-9-8-17(26)13-19(18)27)21(12-16-6-4-3-5-7-16)33-22(30)14-29-25(34)23-24(31)20(32-2)10-11-28-23/h3-11,13,15,21,31H,12,14H2,1-2H3,(H,29,34). The molecule has 2 atom stereocenters. The number of carbonyl (C=O) groups excluding carboxylic acids is 1. The van der Waals surface area contributed by atoms with Gasteiger partial charge in [-0.3, -0.25) is 4.79 Å². The van der Waals surface area contributed by atoms with Gasteiger partial charge in [-0.2, -0.15) is 0 Å². The molecule has 6 nitrogen and oxygen atoms in total. The average molecular weight is 519 g/mol. The molecule has 2 N–H and O–H groups in total. The number of esters is 1. The third-order valence-corrected chi connectivity index (χ3v) is 6.19. The van der Waals surface area contributed by atoms with Crippen molar-refractivity contribution >= 4 is 46.4 Å². The Hall–Kier alpha value is -2.87. The number of aromatic hydroxyl groups is 1. The third-order valence-electron chi connectivity index (χ3n) is 5.29. The number of carbonyl (C=O) groups is 1. The molecule has 0 aliphatic heterocycles. The van der Waals surface area contributed by atoms with Crippen molar-refractivity contribution in [1.82, 2.24) is 10.3 Å². The van der Waals surface area contributed by atoms with Gasteiger partial charge in [-0.05, 0) is 23.3 Å². The van der Waals surface area contributed by atoms with Gasteiger partial charge in [0.1, 0.15) is 23.3 Å². The van der Waals surface area contributed by atoms with Crippen LogP contribution in [-0.4, -0.2) is 40.8 Å². The summed E-state index contributed by atoms with van der Waals surface area (Å²) in [6.45, 7) is 1.75. The van der Waals surface area contributed by atoms with Gasteiger partial charge in [0.25, 0.3) is 0 Å². The van der Waals surface area contributed by atoms with Gasteiger partial charge < -0.3 is 19.9 Å². The summed E-state index contributed by atoms with van der Waals surface area (Å²) in [6.07, 6.45) is 1.45. The number of hydrogen-bond acceptors (Lipinski definition) is 6. The Morgan fingerprint density at radius 2 is 1.91 bits per heavy atom. The quantitative estimate of drug-likeness (QED) is 0.292. The first-order chi connectivity index (χ1) is 16.3. The molecule has 1 aromatic heterocycles. The van der Waals surface area contributed by atoms with Crippen LogP contribution in [0.1, 0.15) is 29.7 Å². The SMILES string of the molecule is COc1ccnc(C(=S)NCC(=O)OC(Cc2ccccc2)C(C)c2ccc(Cl)cc2Cl)c1O. The molecule has 0 radical (unpaired) electrons. The Kier molecular flexibility index (Phi) is 9.10. The number of hydrogen-bond donors (Lipinski definition) is 2. The summed E-state index contributed by atoms with van der Waals surface area (Å²) in [5, 5.41) is 14.1. The molecule has 0 amide bonds. The third kappa shape index (κ3) is 6.59. The van der Waals surface area contributed by atoms with Crippen molar-refractivity contribution in [2.45, 2.75) is 25.4 Å². The number of rotatable bonds is 9. The van der Waals surface area contributed by atoms with Crippen molar-refractivity contribution in [2.75, 3.05) is 13.7 Å². The lowest BCUT2D eigenvalue weighted by Crippen LogP contribution is -2.34. The first-order valence-electron chi connectivity index (χ1n) is 10.5. The number of methoxy groups -OCH3 is 1. The Labute approximate surface area is 213 Å². The van der Waals surface area contributed by atoms with E-state index in [1.807, 2.05) is 43.3 Å². The number of thiocarbonyl (C=S) groups is 1. The Bertz CT molecular complexity index is 1160. The normalized spacial score (nSPS) is 12.5. The number of aromatic nitrogens is 1. The molecule has 0 saturated carbocycles. The summed E-state index contributed by atoms with van der Waals surface area (Å²) < 4.78 is 10.9. The zero-order chi connectivity index (χ0) is 24.7. The maximum Gasteiger partial charge on any atom is 0.325 e.